The Hall–Kier alpha value is 0.825. The van der Waals surface area contributed by atoms with Gasteiger partial charge in [-0.3, -0.25) is 0 Å². The molecule has 3 heteroatoms. The van der Waals surface area contributed by atoms with Gasteiger partial charge in [-0.1, -0.05) is 0 Å². The van der Waals surface area contributed by atoms with Crippen LogP contribution in [0.5, 0.6) is 0 Å². The zero-order chi connectivity index (χ0) is 0. The average molecular weight is 124 g/mol. The predicted octanol–water partition coefficient (Wildman–Crippen LogP) is -1.06. The van der Waals surface area contributed by atoms with Crippen molar-refractivity contribution in [2.45, 2.75) is 0 Å². The molecule has 0 spiro atoms. The average Bonchev–Trinajstić information content (AvgIpc) is 0. The molecule has 0 aromatic heterocycles. The predicted molar refractivity (Wildman–Crippen MR) is 20.5 cm³/mol. The third-order valence-electron chi connectivity index (χ3n) is 0. The summed E-state index contributed by atoms with van der Waals surface area (Å²) in [5.74, 6) is 0. The Morgan fingerprint density at radius 1 is 1.00 bits per heavy atom. The maximum absolute atomic E-state index is 0. The molecule has 0 atom stereocenters. The molecule has 0 saturated heterocycles. The van der Waals surface area contributed by atoms with Crippen LogP contribution in [0.3, 0.4) is 0 Å². The number of hydrogen-bond donors (Lipinski definition) is 0. The first-order valence-electron chi connectivity index (χ1n) is 0. The molecule has 0 nitrogen and oxygen atoms in total. The van der Waals surface area contributed by atoms with Crippen molar-refractivity contribution in [3.8, 4) is 0 Å². The summed E-state index contributed by atoms with van der Waals surface area (Å²) >= 11 is 0. The molecule has 0 fully saturated rings. The van der Waals surface area contributed by atoms with E-state index >= 15 is 0 Å². The van der Waals surface area contributed by atoms with Gasteiger partial charge in [0.1, 0.15) is 0 Å². The van der Waals surface area contributed by atoms with E-state index in [4.69, 9.17) is 0 Å². The molecule has 0 N–H and O–H groups in total. The first kappa shape index (κ1) is 104. The van der Waals surface area contributed by atoms with Crippen LogP contribution in [0.15, 0.2) is 0 Å². The normalized spacial score (nSPS) is 0. The fourth-order valence-electron chi connectivity index (χ4n) is 0. The van der Waals surface area contributed by atoms with E-state index in [2.05, 4.69) is 0 Å². The molecule has 15 valence electrons. The van der Waals surface area contributed by atoms with E-state index in [0.29, 0.717) is 0 Å². The summed E-state index contributed by atoms with van der Waals surface area (Å²) in [7, 11) is 0. The fraction of sp³-hybridized carbons (Fsp3) is 0. The Labute approximate surface area is 44.9 Å². The van der Waals surface area contributed by atoms with Crippen LogP contribution in [0.4, 0.5) is 0 Å². The Balaban J connectivity index is 0. The van der Waals surface area contributed by atoms with Crippen LogP contribution in [-0.2, 0) is 0 Å². The van der Waals surface area contributed by atoms with Crippen molar-refractivity contribution in [2.75, 3.05) is 0 Å². The monoisotopic (exact) mass is 125 g/mol. The van der Waals surface area contributed by atoms with Crippen LogP contribution < -0.4 is 0 Å². The van der Waals surface area contributed by atoms with Gasteiger partial charge in [0.05, 0.1) is 0 Å². The minimum absolute atomic E-state index is 0. The van der Waals surface area contributed by atoms with Gasteiger partial charge in [0, 0.05) is 44.4 Å². The summed E-state index contributed by atoms with van der Waals surface area (Å²) in [6.45, 7) is 0. The smallest absolute Gasteiger partial charge is 0 e. The van der Waals surface area contributed by atoms with Gasteiger partial charge < -0.3 is 0 Å². The summed E-state index contributed by atoms with van der Waals surface area (Å²) in [6.07, 6.45) is 0. The second kappa shape index (κ2) is 44.9. The third-order valence-corrected chi connectivity index (χ3v) is 0. The summed E-state index contributed by atoms with van der Waals surface area (Å²) in [5.41, 5.74) is 0. The van der Waals surface area contributed by atoms with E-state index < -0.39 is 0 Å². The largest absolute Gasteiger partial charge is 0 e. The molecule has 0 bridgehead atoms. The van der Waals surface area contributed by atoms with Gasteiger partial charge >= 0.3 is 0 Å². The molecule has 0 aromatic rings. The van der Waals surface area contributed by atoms with E-state index in [9.17, 15) is 0 Å². The van der Waals surface area contributed by atoms with Crippen LogP contribution in [0, 0.1) is 7.43 Å². The molecule has 0 heterocycles. The van der Waals surface area contributed by atoms with Gasteiger partial charge in [-0.25, -0.2) is 0 Å². The quantitative estimate of drug-likeness (QED) is 0.360. The minimum Gasteiger partial charge on any atom is 0 e. The molecule has 0 aromatic carbocycles. The zero-order valence-electron chi connectivity index (χ0n) is 2.08. The van der Waals surface area contributed by atoms with Crippen LogP contribution in [0.25, 0.3) is 0 Å². The maximum Gasteiger partial charge on any atom is 0 e. The van der Waals surface area contributed by atoms with Crippen LogP contribution in [-0.4, -0.2) is 37.0 Å². The van der Waals surface area contributed by atoms with Crippen molar-refractivity contribution in [1.82, 2.24) is 0 Å². The summed E-state index contributed by atoms with van der Waals surface area (Å²) in [5, 5.41) is 0. The molecular weight excluding hydrogens is 124 g/mol. The molecular formula is CBGeSi. The molecule has 0 aliphatic heterocycles. The number of hydrogen-bond acceptors (Lipinski definition) is 0. The molecule has 15 radical (unpaired) electrons. The van der Waals surface area contributed by atoms with Crippen LogP contribution in [0.1, 0.15) is 0 Å². The van der Waals surface area contributed by atoms with Gasteiger partial charge in [-0.05, 0) is 0 Å². The second-order valence-electron chi connectivity index (χ2n) is 0. The van der Waals surface area contributed by atoms with Gasteiger partial charge in [0.25, 0.3) is 0 Å². The molecule has 0 rings (SSSR count). The standard InChI is InChI=1S/C.B.Ge.Si. The SMILES string of the molecule is [B].[C].[Ge].[Si]. The van der Waals surface area contributed by atoms with Gasteiger partial charge in [0.2, 0.25) is 0 Å². The third kappa shape index (κ3) is 13.8. The molecule has 0 amide bonds. The Morgan fingerprint density at radius 3 is 1.00 bits per heavy atom. The summed E-state index contributed by atoms with van der Waals surface area (Å²) < 4.78 is 0. The Bertz CT molecular complexity index is 8.00. The first-order valence-corrected chi connectivity index (χ1v) is 0. The van der Waals surface area contributed by atoms with E-state index in [1.54, 1.807) is 0 Å². The van der Waals surface area contributed by atoms with Gasteiger partial charge in [-0.2, -0.15) is 0 Å². The van der Waals surface area contributed by atoms with Gasteiger partial charge in [-0.15, -0.1) is 0 Å². The molecule has 0 unspecified atom stereocenters. The molecule has 0 aliphatic carbocycles. The van der Waals surface area contributed by atoms with Crippen molar-refractivity contribution in [1.29, 1.82) is 0 Å². The van der Waals surface area contributed by atoms with E-state index in [1.165, 1.54) is 0 Å². The maximum atomic E-state index is 0. The minimum atomic E-state index is 0. The van der Waals surface area contributed by atoms with E-state index in [-0.39, 0.29) is 44.4 Å². The fourth-order valence-corrected chi connectivity index (χ4v) is 0. The second-order valence-corrected chi connectivity index (χ2v) is 0. The van der Waals surface area contributed by atoms with Crippen molar-refractivity contribution in [3.05, 3.63) is 7.43 Å². The van der Waals surface area contributed by atoms with E-state index in [1.807, 2.05) is 0 Å². The van der Waals surface area contributed by atoms with Crippen LogP contribution in [0.2, 0.25) is 0 Å². The van der Waals surface area contributed by atoms with Crippen molar-refractivity contribution in [2.24, 2.45) is 0 Å². The Kier molecular flexibility index (Phi) is 1160. The summed E-state index contributed by atoms with van der Waals surface area (Å²) in [4.78, 5) is 0. The van der Waals surface area contributed by atoms with E-state index in [0.717, 1.165) is 0 Å². The van der Waals surface area contributed by atoms with Crippen molar-refractivity contribution < 1.29 is 0 Å². The molecule has 4 heavy (non-hydrogen) atoms. The van der Waals surface area contributed by atoms with Crippen molar-refractivity contribution in [3.63, 3.8) is 0 Å². The molecule has 0 aliphatic rings. The zero-order valence-corrected chi connectivity index (χ0v) is 5.18. The topological polar surface area (TPSA) is 0 Å². The molecule has 0 saturated carbocycles. The van der Waals surface area contributed by atoms with Gasteiger partial charge in [0.15, 0.2) is 0 Å². The first-order chi connectivity index (χ1) is 0. The number of rotatable bonds is 0. The Morgan fingerprint density at radius 2 is 1.00 bits per heavy atom. The van der Waals surface area contributed by atoms with Crippen molar-refractivity contribution >= 4 is 37.0 Å². The summed E-state index contributed by atoms with van der Waals surface area (Å²) in [6, 6.07) is 0. The van der Waals surface area contributed by atoms with Crippen LogP contribution >= 0.6 is 0 Å².